The van der Waals surface area contributed by atoms with Crippen molar-refractivity contribution in [3.05, 3.63) is 82.3 Å². The predicted molar refractivity (Wildman–Crippen MR) is 109 cm³/mol. The third-order valence-corrected chi connectivity index (χ3v) is 5.39. The minimum absolute atomic E-state index is 0.0349. The molecule has 0 aliphatic carbocycles. The quantitative estimate of drug-likeness (QED) is 0.646. The number of aromatic nitrogens is 4. The van der Waals surface area contributed by atoms with E-state index in [1.54, 1.807) is 22.9 Å². The third-order valence-electron chi connectivity index (χ3n) is 5.39. The maximum atomic E-state index is 12.7. The van der Waals surface area contributed by atoms with E-state index in [0.717, 1.165) is 24.5 Å². The van der Waals surface area contributed by atoms with Crippen molar-refractivity contribution in [2.75, 3.05) is 6.54 Å². The second kappa shape index (κ2) is 8.43. The van der Waals surface area contributed by atoms with E-state index in [9.17, 15) is 9.59 Å². The zero-order chi connectivity index (χ0) is 20.2. The number of fused-ring (bicyclic) bond motifs is 1. The molecular weight excluding hydrogens is 366 g/mol. The van der Waals surface area contributed by atoms with E-state index in [4.69, 9.17) is 0 Å². The normalized spacial score (nSPS) is 15.9. The highest BCUT2D eigenvalue weighted by molar-refractivity contribution is 5.76. The number of hydrogen-bond acceptors (Lipinski definition) is 4. The summed E-state index contributed by atoms with van der Waals surface area (Å²) in [5.41, 5.74) is 1.19. The van der Waals surface area contributed by atoms with Crippen molar-refractivity contribution in [1.29, 1.82) is 0 Å². The van der Waals surface area contributed by atoms with Gasteiger partial charge in [-0.2, -0.15) is 0 Å². The molecular formula is C22H25N5O2. The van der Waals surface area contributed by atoms with Gasteiger partial charge in [0.15, 0.2) is 5.82 Å². The van der Waals surface area contributed by atoms with E-state index in [0.29, 0.717) is 26.1 Å². The second-order valence-corrected chi connectivity index (χ2v) is 7.49. The number of aryl methyl sites for hydroxylation is 3. The van der Waals surface area contributed by atoms with Crippen LogP contribution in [0, 0.1) is 0 Å². The van der Waals surface area contributed by atoms with Gasteiger partial charge in [-0.25, -0.2) is 0 Å². The first-order chi connectivity index (χ1) is 14.1. The van der Waals surface area contributed by atoms with Gasteiger partial charge in [-0.05, 0) is 25.0 Å². The number of pyridine rings is 1. The van der Waals surface area contributed by atoms with Gasteiger partial charge in [-0.3, -0.25) is 9.59 Å². The van der Waals surface area contributed by atoms with Gasteiger partial charge >= 0.3 is 0 Å². The van der Waals surface area contributed by atoms with Crippen LogP contribution in [0.25, 0.3) is 0 Å². The molecule has 3 aromatic rings. The lowest BCUT2D eigenvalue weighted by atomic mass is 10.1. The van der Waals surface area contributed by atoms with Crippen molar-refractivity contribution >= 4 is 5.91 Å². The number of carbonyl (C=O) groups is 1. The molecule has 1 atom stereocenters. The van der Waals surface area contributed by atoms with Crippen molar-refractivity contribution in [3.63, 3.8) is 0 Å². The Balaban J connectivity index is 1.39. The van der Waals surface area contributed by atoms with Crippen molar-refractivity contribution < 1.29 is 4.79 Å². The average molecular weight is 391 g/mol. The molecule has 7 nitrogen and oxygen atoms in total. The van der Waals surface area contributed by atoms with Gasteiger partial charge in [0, 0.05) is 38.2 Å². The number of nitrogens with zero attached hydrogens (tertiary/aromatic N) is 5. The maximum absolute atomic E-state index is 12.7. The minimum atomic E-state index is -0.0879. The van der Waals surface area contributed by atoms with Crippen LogP contribution in [0.3, 0.4) is 0 Å². The summed E-state index contributed by atoms with van der Waals surface area (Å²) in [5.74, 6) is 1.84. The molecule has 0 spiro atoms. The zero-order valence-electron chi connectivity index (χ0n) is 16.6. The maximum Gasteiger partial charge on any atom is 0.250 e. The van der Waals surface area contributed by atoms with Crippen LogP contribution in [-0.2, 0) is 30.7 Å². The van der Waals surface area contributed by atoms with Crippen LogP contribution in [-0.4, -0.2) is 36.7 Å². The smallest absolute Gasteiger partial charge is 0.250 e. The van der Waals surface area contributed by atoms with Crippen LogP contribution in [0.5, 0.6) is 0 Å². The second-order valence-electron chi connectivity index (χ2n) is 7.49. The lowest BCUT2D eigenvalue weighted by Gasteiger charge is -2.32. The first kappa shape index (κ1) is 19.1. The summed E-state index contributed by atoms with van der Waals surface area (Å²) >= 11 is 0. The van der Waals surface area contributed by atoms with Crippen LogP contribution >= 0.6 is 0 Å². The highest BCUT2D eigenvalue weighted by Gasteiger charge is 2.28. The van der Waals surface area contributed by atoms with Gasteiger partial charge in [0.25, 0.3) is 5.56 Å². The van der Waals surface area contributed by atoms with Crippen molar-refractivity contribution in [1.82, 2.24) is 24.2 Å². The van der Waals surface area contributed by atoms with Crippen LogP contribution in [0.4, 0.5) is 0 Å². The summed E-state index contributed by atoms with van der Waals surface area (Å²) in [6.45, 7) is 3.58. The zero-order valence-corrected chi connectivity index (χ0v) is 16.6. The Morgan fingerprint density at radius 1 is 1.07 bits per heavy atom. The van der Waals surface area contributed by atoms with Crippen LogP contribution in [0.2, 0.25) is 0 Å². The molecule has 4 rings (SSSR count). The van der Waals surface area contributed by atoms with E-state index < -0.39 is 0 Å². The molecule has 0 radical (unpaired) electrons. The molecule has 2 aromatic heterocycles. The Morgan fingerprint density at radius 3 is 2.66 bits per heavy atom. The molecule has 0 bridgehead atoms. The lowest BCUT2D eigenvalue weighted by Crippen LogP contribution is -2.41. The number of amides is 1. The topological polar surface area (TPSA) is 73.0 Å². The molecule has 7 heteroatoms. The summed E-state index contributed by atoms with van der Waals surface area (Å²) < 4.78 is 3.74. The monoisotopic (exact) mass is 391 g/mol. The highest BCUT2D eigenvalue weighted by Crippen LogP contribution is 2.23. The minimum Gasteiger partial charge on any atom is -0.333 e. The van der Waals surface area contributed by atoms with Gasteiger partial charge in [0.2, 0.25) is 5.91 Å². The Kier molecular flexibility index (Phi) is 5.55. The molecule has 3 heterocycles. The molecule has 1 amide bonds. The van der Waals surface area contributed by atoms with Crippen LogP contribution in [0.1, 0.15) is 36.6 Å². The van der Waals surface area contributed by atoms with Crippen LogP contribution in [0.15, 0.2) is 59.5 Å². The molecule has 0 fully saturated rings. The average Bonchev–Trinajstić information content (AvgIpc) is 3.16. The number of benzene rings is 1. The molecule has 0 saturated carbocycles. The fourth-order valence-electron chi connectivity index (χ4n) is 3.89. The van der Waals surface area contributed by atoms with E-state index in [1.165, 1.54) is 11.6 Å². The molecule has 0 N–H and O–H groups in total. The Hall–Kier alpha value is -3.22. The number of carbonyl (C=O) groups excluding carboxylic acids is 1. The first-order valence-corrected chi connectivity index (χ1v) is 10.0. The Bertz CT molecular complexity index is 1040. The Morgan fingerprint density at radius 2 is 1.86 bits per heavy atom. The SMILES string of the molecule is C[C@H]1CN(C(=O)CCn2ccccc2=O)Cc2nnc(CCc3ccccc3)n21. The molecule has 0 saturated heterocycles. The van der Waals surface area contributed by atoms with Gasteiger partial charge in [0.05, 0.1) is 12.6 Å². The van der Waals surface area contributed by atoms with E-state index in [1.807, 2.05) is 23.1 Å². The van der Waals surface area contributed by atoms with Gasteiger partial charge in [0.1, 0.15) is 5.82 Å². The summed E-state index contributed by atoms with van der Waals surface area (Å²) in [6.07, 6.45) is 3.75. The first-order valence-electron chi connectivity index (χ1n) is 10.0. The van der Waals surface area contributed by atoms with Gasteiger partial charge < -0.3 is 14.0 Å². The third kappa shape index (κ3) is 4.29. The van der Waals surface area contributed by atoms with Crippen molar-refractivity contribution in [2.45, 2.75) is 45.3 Å². The van der Waals surface area contributed by atoms with Crippen LogP contribution < -0.4 is 5.56 Å². The largest absolute Gasteiger partial charge is 0.333 e. The van der Waals surface area contributed by atoms with Gasteiger partial charge in [-0.15, -0.1) is 10.2 Å². The molecule has 0 unspecified atom stereocenters. The van der Waals surface area contributed by atoms with Crippen molar-refractivity contribution in [2.24, 2.45) is 0 Å². The predicted octanol–water partition coefficient (Wildman–Crippen LogP) is 2.22. The fraction of sp³-hybridized carbons (Fsp3) is 0.364. The van der Waals surface area contributed by atoms with Crippen molar-refractivity contribution in [3.8, 4) is 0 Å². The van der Waals surface area contributed by atoms with E-state index in [-0.39, 0.29) is 17.5 Å². The molecule has 1 aliphatic heterocycles. The summed E-state index contributed by atoms with van der Waals surface area (Å²) in [5, 5.41) is 8.74. The molecule has 1 aromatic carbocycles. The molecule has 1 aliphatic rings. The van der Waals surface area contributed by atoms with E-state index in [2.05, 4.69) is 33.8 Å². The van der Waals surface area contributed by atoms with Gasteiger partial charge in [-0.1, -0.05) is 36.4 Å². The number of hydrogen-bond donors (Lipinski definition) is 0. The summed E-state index contributed by atoms with van der Waals surface area (Å²) in [6, 6.07) is 15.5. The Labute approximate surface area is 169 Å². The van der Waals surface area contributed by atoms with E-state index >= 15 is 0 Å². The fourth-order valence-corrected chi connectivity index (χ4v) is 3.89. The molecule has 29 heavy (non-hydrogen) atoms. The standard InChI is InChI=1S/C22H25N5O2/c1-17-15-26(22(29)12-14-25-13-6-5-9-21(25)28)16-20-24-23-19(27(17)20)11-10-18-7-3-2-4-8-18/h2-9,13,17H,10-12,14-16H2,1H3/t17-/m0/s1. The highest BCUT2D eigenvalue weighted by atomic mass is 16.2. The summed E-state index contributed by atoms with van der Waals surface area (Å²) in [7, 11) is 0. The summed E-state index contributed by atoms with van der Waals surface area (Å²) in [4.78, 5) is 26.3. The number of rotatable bonds is 6. The molecule has 150 valence electrons. The lowest BCUT2D eigenvalue weighted by molar-refractivity contribution is -0.133.